The smallest absolute Gasteiger partial charge is 0.332 e. The molecule has 8 heteroatoms. The van der Waals surface area contributed by atoms with Gasteiger partial charge in [-0.15, -0.1) is 0 Å². The lowest BCUT2D eigenvalue weighted by atomic mass is 9.85. The predicted octanol–water partition coefficient (Wildman–Crippen LogP) is 5.94. The SMILES string of the molecule is CCOC(=O)/C=C1/C(=O)/C(=C(/O)c2ccc(OC)cc2)C2(c3ccc(OC)cc3)Nc3cccc4cccc(c34)N12. The minimum Gasteiger partial charge on any atom is -0.507 e. The Labute approximate surface area is 237 Å². The molecule has 1 saturated heterocycles. The molecule has 206 valence electrons. The summed E-state index contributed by atoms with van der Waals surface area (Å²) in [5.74, 6) is -0.165. The number of hydrogen-bond donors (Lipinski definition) is 2. The van der Waals surface area contributed by atoms with Gasteiger partial charge in [0.05, 0.1) is 43.9 Å². The molecule has 2 N–H and O–H groups in total. The molecule has 2 aliphatic rings. The number of nitrogens with one attached hydrogen (secondary N) is 1. The minimum atomic E-state index is -1.42. The molecule has 4 aromatic carbocycles. The van der Waals surface area contributed by atoms with Crippen molar-refractivity contribution in [2.45, 2.75) is 12.6 Å². The number of allylic oxidation sites excluding steroid dienone is 1. The fraction of sp³-hybridized carbons (Fsp3) is 0.152. The number of aliphatic hydroxyl groups excluding tert-OH is 1. The van der Waals surface area contributed by atoms with Gasteiger partial charge in [-0.1, -0.05) is 36.4 Å². The molecule has 0 spiro atoms. The highest BCUT2D eigenvalue weighted by atomic mass is 16.5. The van der Waals surface area contributed by atoms with E-state index >= 15 is 0 Å². The molecule has 0 aliphatic carbocycles. The molecule has 1 atom stereocenters. The molecule has 0 saturated carbocycles. The van der Waals surface area contributed by atoms with Crippen molar-refractivity contribution in [3.63, 3.8) is 0 Å². The van der Waals surface area contributed by atoms with Gasteiger partial charge in [0.25, 0.3) is 0 Å². The van der Waals surface area contributed by atoms with E-state index in [1.54, 1.807) is 62.4 Å². The van der Waals surface area contributed by atoms with E-state index in [0.29, 0.717) is 28.3 Å². The molecule has 1 fully saturated rings. The number of aliphatic hydroxyl groups is 1. The van der Waals surface area contributed by atoms with Gasteiger partial charge >= 0.3 is 5.97 Å². The third-order valence-electron chi connectivity index (χ3n) is 7.49. The monoisotopic (exact) mass is 548 g/mol. The van der Waals surface area contributed by atoms with Crippen molar-refractivity contribution in [1.29, 1.82) is 0 Å². The Morgan fingerprint density at radius 2 is 1.56 bits per heavy atom. The average Bonchev–Trinajstić information content (AvgIpc) is 3.25. The van der Waals surface area contributed by atoms with Gasteiger partial charge in [-0.3, -0.25) is 4.79 Å². The number of anilines is 2. The molecular formula is C33H28N2O6. The van der Waals surface area contributed by atoms with Gasteiger partial charge in [-0.25, -0.2) is 4.79 Å². The highest BCUT2D eigenvalue weighted by Gasteiger charge is 2.58. The van der Waals surface area contributed by atoms with Crippen LogP contribution in [-0.4, -0.2) is 37.7 Å². The number of carbonyl (C=O) groups is 2. The molecule has 6 rings (SSSR count). The first-order valence-corrected chi connectivity index (χ1v) is 13.2. The van der Waals surface area contributed by atoms with Gasteiger partial charge in [0, 0.05) is 22.2 Å². The van der Waals surface area contributed by atoms with Crippen molar-refractivity contribution >= 4 is 39.7 Å². The Morgan fingerprint density at radius 1 is 0.927 bits per heavy atom. The summed E-state index contributed by atoms with van der Waals surface area (Å²) in [5, 5.41) is 17.3. The van der Waals surface area contributed by atoms with Gasteiger partial charge in [0.1, 0.15) is 17.3 Å². The number of ketones is 1. The van der Waals surface area contributed by atoms with E-state index in [9.17, 15) is 14.7 Å². The molecular weight excluding hydrogens is 520 g/mol. The van der Waals surface area contributed by atoms with Crippen LogP contribution in [0.15, 0.2) is 102 Å². The Kier molecular flexibility index (Phi) is 6.38. The van der Waals surface area contributed by atoms with E-state index in [2.05, 4.69) is 5.32 Å². The second-order valence-electron chi connectivity index (χ2n) is 9.64. The summed E-state index contributed by atoms with van der Waals surface area (Å²) in [7, 11) is 3.14. The van der Waals surface area contributed by atoms with Crippen LogP contribution in [0.2, 0.25) is 0 Å². The first-order valence-electron chi connectivity index (χ1n) is 13.2. The third-order valence-corrected chi connectivity index (χ3v) is 7.49. The number of Topliss-reactive ketones (excluding diaryl/α,β-unsaturated/α-hetero) is 1. The summed E-state index contributed by atoms with van der Waals surface area (Å²) in [5.41, 5.74) is 1.26. The fourth-order valence-electron chi connectivity index (χ4n) is 5.70. The zero-order chi connectivity index (χ0) is 28.7. The van der Waals surface area contributed by atoms with Crippen molar-refractivity contribution in [1.82, 2.24) is 0 Å². The molecule has 0 bridgehead atoms. The summed E-state index contributed by atoms with van der Waals surface area (Å²) >= 11 is 0. The number of methoxy groups -OCH3 is 2. The number of ether oxygens (including phenoxy) is 3. The Balaban J connectivity index is 1.72. The molecule has 2 aliphatic heterocycles. The highest BCUT2D eigenvalue weighted by molar-refractivity contribution is 6.25. The van der Waals surface area contributed by atoms with Crippen LogP contribution in [-0.2, 0) is 20.0 Å². The highest BCUT2D eigenvalue weighted by Crippen LogP contribution is 2.56. The van der Waals surface area contributed by atoms with Crippen LogP contribution in [0.1, 0.15) is 18.1 Å². The topological polar surface area (TPSA) is 97.3 Å². The molecule has 2 heterocycles. The number of benzene rings is 4. The lowest BCUT2D eigenvalue weighted by Gasteiger charge is -2.45. The first-order chi connectivity index (χ1) is 19.9. The maximum atomic E-state index is 14.5. The van der Waals surface area contributed by atoms with Crippen LogP contribution in [0, 0.1) is 0 Å². The lowest BCUT2D eigenvalue weighted by Crippen LogP contribution is -2.50. The van der Waals surface area contributed by atoms with E-state index < -0.39 is 17.4 Å². The Morgan fingerprint density at radius 3 is 2.20 bits per heavy atom. The van der Waals surface area contributed by atoms with Crippen molar-refractivity contribution in [3.05, 3.63) is 113 Å². The quantitative estimate of drug-likeness (QED) is 0.174. The van der Waals surface area contributed by atoms with Gasteiger partial charge in [0.2, 0.25) is 5.78 Å². The van der Waals surface area contributed by atoms with E-state index in [0.717, 1.165) is 16.5 Å². The maximum Gasteiger partial charge on any atom is 0.332 e. The van der Waals surface area contributed by atoms with Gasteiger partial charge in [0.15, 0.2) is 5.66 Å². The lowest BCUT2D eigenvalue weighted by molar-refractivity contribution is -0.137. The van der Waals surface area contributed by atoms with Crippen molar-refractivity contribution in [3.8, 4) is 11.5 Å². The molecule has 0 radical (unpaired) electrons. The number of esters is 1. The molecule has 8 nitrogen and oxygen atoms in total. The van der Waals surface area contributed by atoms with E-state index in [4.69, 9.17) is 14.2 Å². The molecule has 1 unspecified atom stereocenters. The van der Waals surface area contributed by atoms with Gasteiger partial charge in [-0.2, -0.15) is 0 Å². The summed E-state index contributed by atoms with van der Waals surface area (Å²) in [6.07, 6.45) is 1.20. The summed E-state index contributed by atoms with van der Waals surface area (Å²) < 4.78 is 15.9. The van der Waals surface area contributed by atoms with Gasteiger partial charge < -0.3 is 29.5 Å². The molecule has 0 aromatic heterocycles. The standard InChI is InChI=1S/C33H28N2O6/c1-4-41-28(36)19-27-32(38)30(31(37)21-11-15-23(39-2)16-12-21)33(22-13-17-24(40-3)18-14-22)34-25-9-5-7-20-8-6-10-26(29(20)25)35(27)33/h5-19,34,37H,4H2,1-3H3/b27-19-,31-30-. The number of fused-ring (bicyclic) bond motifs is 2. The Hall–Kier alpha value is -5.24. The normalized spacial score (nSPS) is 19.5. The molecule has 0 amide bonds. The number of nitrogens with zero attached hydrogens (tertiary/aromatic N) is 1. The van der Waals surface area contributed by atoms with Crippen molar-refractivity contribution in [2.24, 2.45) is 0 Å². The van der Waals surface area contributed by atoms with E-state index in [1.807, 2.05) is 48.5 Å². The van der Waals surface area contributed by atoms with Crippen LogP contribution in [0.25, 0.3) is 16.5 Å². The van der Waals surface area contributed by atoms with E-state index in [-0.39, 0.29) is 23.6 Å². The van der Waals surface area contributed by atoms with Crippen LogP contribution in [0.4, 0.5) is 11.4 Å². The number of rotatable bonds is 6. The summed E-state index contributed by atoms with van der Waals surface area (Å²) in [4.78, 5) is 29.1. The minimum absolute atomic E-state index is 0.0647. The van der Waals surface area contributed by atoms with Crippen molar-refractivity contribution < 1.29 is 28.9 Å². The van der Waals surface area contributed by atoms with Gasteiger partial charge in [-0.05, 0) is 60.8 Å². The third kappa shape index (κ3) is 3.98. The molecule has 41 heavy (non-hydrogen) atoms. The average molecular weight is 549 g/mol. The number of carbonyl (C=O) groups excluding carboxylic acids is 2. The second kappa shape index (κ2) is 10.1. The molecule has 4 aromatic rings. The van der Waals surface area contributed by atoms with Crippen LogP contribution < -0.4 is 19.7 Å². The fourth-order valence-corrected chi connectivity index (χ4v) is 5.70. The number of hydrogen-bond acceptors (Lipinski definition) is 8. The largest absolute Gasteiger partial charge is 0.507 e. The Bertz CT molecular complexity index is 1740. The van der Waals surface area contributed by atoms with E-state index in [1.165, 1.54) is 6.08 Å². The van der Waals surface area contributed by atoms with Crippen LogP contribution in [0.5, 0.6) is 11.5 Å². The zero-order valence-corrected chi connectivity index (χ0v) is 22.8. The van der Waals surface area contributed by atoms with Crippen LogP contribution >= 0.6 is 0 Å². The predicted molar refractivity (Wildman–Crippen MR) is 157 cm³/mol. The first kappa shape index (κ1) is 26.0. The summed E-state index contributed by atoms with van der Waals surface area (Å²) in [6, 6.07) is 25.7. The van der Waals surface area contributed by atoms with Crippen molar-refractivity contribution in [2.75, 3.05) is 31.0 Å². The summed E-state index contributed by atoms with van der Waals surface area (Å²) in [6.45, 7) is 1.85. The zero-order valence-electron chi connectivity index (χ0n) is 22.8. The second-order valence-corrected chi connectivity index (χ2v) is 9.64. The maximum absolute atomic E-state index is 14.5. The van der Waals surface area contributed by atoms with Crippen LogP contribution in [0.3, 0.4) is 0 Å².